The van der Waals surface area contributed by atoms with E-state index in [9.17, 15) is 0 Å². The summed E-state index contributed by atoms with van der Waals surface area (Å²) in [5.41, 5.74) is 0. The van der Waals surface area contributed by atoms with Gasteiger partial charge in [0.05, 0.1) is 6.54 Å². The number of hydrogen-bond donors (Lipinski definition) is 0. The summed E-state index contributed by atoms with van der Waals surface area (Å²) in [4.78, 5) is 2.65. The van der Waals surface area contributed by atoms with Crippen molar-refractivity contribution in [3.05, 3.63) is 11.8 Å². The van der Waals surface area contributed by atoms with Gasteiger partial charge in [0.1, 0.15) is 0 Å². The fourth-order valence-corrected chi connectivity index (χ4v) is 4.18. The van der Waals surface area contributed by atoms with E-state index in [1.54, 1.807) is 0 Å². The van der Waals surface area contributed by atoms with Crippen LogP contribution in [0.15, 0.2) is 4.42 Å². The molecule has 0 bridgehead atoms. The highest BCUT2D eigenvalue weighted by Gasteiger charge is 2.30. The molecule has 1 atom stereocenters. The topological polar surface area (TPSA) is 42.2 Å². The minimum Gasteiger partial charge on any atom is -0.424 e. The predicted molar refractivity (Wildman–Crippen MR) is 87.6 cm³/mol. The van der Waals surface area contributed by atoms with Gasteiger partial charge in [-0.2, -0.15) is 0 Å². The van der Waals surface area contributed by atoms with Crippen molar-refractivity contribution in [2.45, 2.75) is 90.1 Å². The van der Waals surface area contributed by atoms with Crippen LogP contribution in [0.3, 0.4) is 0 Å². The van der Waals surface area contributed by atoms with Crippen LogP contribution in [0, 0.1) is 5.92 Å². The Bertz CT molecular complexity index is 451. The zero-order valence-corrected chi connectivity index (χ0v) is 14.3. The number of nitrogens with zero attached hydrogens (tertiary/aromatic N) is 3. The zero-order valence-electron chi connectivity index (χ0n) is 14.3. The lowest BCUT2D eigenvalue weighted by Crippen LogP contribution is -2.40. The maximum absolute atomic E-state index is 5.86. The van der Waals surface area contributed by atoms with Gasteiger partial charge < -0.3 is 4.42 Å². The summed E-state index contributed by atoms with van der Waals surface area (Å²) < 4.78 is 5.86. The van der Waals surface area contributed by atoms with Gasteiger partial charge in [-0.05, 0) is 38.1 Å². The van der Waals surface area contributed by atoms with Crippen LogP contribution in [0.5, 0.6) is 0 Å². The van der Waals surface area contributed by atoms with Gasteiger partial charge in [-0.3, -0.25) is 4.90 Å². The summed E-state index contributed by atoms with van der Waals surface area (Å²) in [6, 6.07) is 0.734. The number of likely N-dealkylation sites (tertiary alicyclic amines) is 1. The lowest BCUT2D eigenvalue weighted by Gasteiger charge is -2.37. The number of aromatic nitrogens is 2. The van der Waals surface area contributed by atoms with Crippen molar-refractivity contribution in [3.63, 3.8) is 0 Å². The number of hydrogen-bond acceptors (Lipinski definition) is 4. The Morgan fingerprint density at radius 1 is 1.00 bits per heavy atom. The fourth-order valence-electron chi connectivity index (χ4n) is 4.18. The molecule has 0 spiro atoms. The monoisotopic (exact) mass is 305 g/mol. The van der Waals surface area contributed by atoms with Gasteiger partial charge >= 0.3 is 0 Å². The molecule has 1 aromatic heterocycles. The Morgan fingerprint density at radius 3 is 2.45 bits per heavy atom. The average Bonchev–Trinajstić information content (AvgIpc) is 2.88. The summed E-state index contributed by atoms with van der Waals surface area (Å²) in [7, 11) is 0. The predicted octanol–water partition coefficient (Wildman–Crippen LogP) is 4.52. The third kappa shape index (κ3) is 3.89. The van der Waals surface area contributed by atoms with Crippen molar-refractivity contribution >= 4 is 0 Å². The van der Waals surface area contributed by atoms with Crippen LogP contribution in [0.4, 0.5) is 0 Å². The normalized spacial score (nSPS) is 25.5. The molecule has 2 heterocycles. The first-order valence-electron chi connectivity index (χ1n) is 9.30. The lowest BCUT2D eigenvalue weighted by molar-refractivity contribution is 0.102. The molecule has 22 heavy (non-hydrogen) atoms. The minimum atomic E-state index is 0.319. The van der Waals surface area contributed by atoms with Crippen LogP contribution in [0.1, 0.15) is 89.3 Å². The first-order valence-corrected chi connectivity index (χ1v) is 9.30. The molecule has 1 saturated heterocycles. The van der Waals surface area contributed by atoms with Gasteiger partial charge in [0.2, 0.25) is 11.8 Å². The molecule has 1 aromatic rings. The van der Waals surface area contributed by atoms with E-state index in [1.165, 1.54) is 64.3 Å². The quantitative estimate of drug-likeness (QED) is 0.820. The lowest BCUT2D eigenvalue weighted by atomic mass is 9.81. The van der Waals surface area contributed by atoms with Gasteiger partial charge in [-0.15, -0.1) is 10.2 Å². The summed E-state index contributed by atoms with van der Waals surface area (Å²) in [5, 5.41) is 8.48. The third-order valence-electron chi connectivity index (χ3n) is 5.42. The Balaban J connectivity index is 1.69. The van der Waals surface area contributed by atoms with E-state index in [4.69, 9.17) is 4.42 Å². The van der Waals surface area contributed by atoms with Crippen molar-refractivity contribution in [1.29, 1.82) is 0 Å². The van der Waals surface area contributed by atoms with Gasteiger partial charge in [0.15, 0.2) is 0 Å². The summed E-state index contributed by atoms with van der Waals surface area (Å²) >= 11 is 0. The summed E-state index contributed by atoms with van der Waals surface area (Å²) in [6.07, 6.45) is 12.6. The molecule has 4 nitrogen and oxygen atoms in total. The molecule has 2 aliphatic rings. The van der Waals surface area contributed by atoms with Crippen molar-refractivity contribution in [2.75, 3.05) is 6.54 Å². The van der Waals surface area contributed by atoms with Crippen molar-refractivity contribution in [3.8, 4) is 0 Å². The highest BCUT2D eigenvalue weighted by Crippen LogP contribution is 2.33. The molecule has 1 unspecified atom stereocenters. The van der Waals surface area contributed by atoms with Crippen LogP contribution < -0.4 is 0 Å². The highest BCUT2D eigenvalue weighted by atomic mass is 16.4. The van der Waals surface area contributed by atoms with E-state index < -0.39 is 0 Å². The second-order valence-electron chi connectivity index (χ2n) is 7.47. The van der Waals surface area contributed by atoms with Gasteiger partial charge in [0.25, 0.3) is 0 Å². The maximum atomic E-state index is 5.86. The second-order valence-corrected chi connectivity index (χ2v) is 7.47. The Hall–Kier alpha value is -0.900. The largest absolute Gasteiger partial charge is 0.424 e. The summed E-state index contributed by atoms with van der Waals surface area (Å²) in [5.74, 6) is 2.80. The number of rotatable bonds is 4. The van der Waals surface area contributed by atoms with Crippen LogP contribution in [0.25, 0.3) is 0 Å². The first kappa shape index (κ1) is 16.0. The SMILES string of the molecule is CC(C)c1nnc(CN2CCCCCC2C2CCCCC2)o1. The molecule has 0 radical (unpaired) electrons. The van der Waals surface area contributed by atoms with Gasteiger partial charge in [0, 0.05) is 12.0 Å². The fraction of sp³-hybridized carbons (Fsp3) is 0.889. The van der Waals surface area contributed by atoms with E-state index in [2.05, 4.69) is 28.9 Å². The molecule has 1 saturated carbocycles. The molecule has 1 aliphatic heterocycles. The van der Waals surface area contributed by atoms with Crippen molar-refractivity contribution < 1.29 is 4.42 Å². The van der Waals surface area contributed by atoms with E-state index in [1.807, 2.05) is 0 Å². The highest BCUT2D eigenvalue weighted by molar-refractivity contribution is 4.90. The second kappa shape index (κ2) is 7.58. The standard InChI is InChI=1S/C18H31N3O/c1-14(2)18-20-19-17(22-18)13-21-12-8-4-7-11-16(21)15-9-5-3-6-10-15/h14-16H,3-13H2,1-2H3. The first-order chi connectivity index (χ1) is 10.7. The van der Waals surface area contributed by atoms with Gasteiger partial charge in [-0.25, -0.2) is 0 Å². The van der Waals surface area contributed by atoms with Crippen LogP contribution in [0.2, 0.25) is 0 Å². The van der Waals surface area contributed by atoms with Crippen LogP contribution >= 0.6 is 0 Å². The van der Waals surface area contributed by atoms with E-state index in [0.29, 0.717) is 5.92 Å². The van der Waals surface area contributed by atoms with Crippen LogP contribution in [-0.2, 0) is 6.54 Å². The zero-order chi connectivity index (χ0) is 15.4. The Labute approximate surface area is 134 Å². The molecular weight excluding hydrogens is 274 g/mol. The van der Waals surface area contributed by atoms with Crippen LogP contribution in [-0.4, -0.2) is 27.7 Å². The average molecular weight is 305 g/mol. The molecule has 124 valence electrons. The Morgan fingerprint density at radius 2 is 1.73 bits per heavy atom. The maximum Gasteiger partial charge on any atom is 0.230 e. The molecule has 2 fully saturated rings. The molecular formula is C18H31N3O. The molecule has 0 aromatic carbocycles. The van der Waals surface area contributed by atoms with E-state index >= 15 is 0 Å². The van der Waals surface area contributed by atoms with Crippen molar-refractivity contribution in [1.82, 2.24) is 15.1 Å². The molecule has 4 heteroatoms. The van der Waals surface area contributed by atoms with E-state index in [0.717, 1.165) is 30.3 Å². The molecule has 1 aliphatic carbocycles. The third-order valence-corrected chi connectivity index (χ3v) is 5.42. The van der Waals surface area contributed by atoms with Crippen molar-refractivity contribution in [2.24, 2.45) is 5.92 Å². The Kier molecular flexibility index (Phi) is 5.51. The van der Waals surface area contributed by atoms with E-state index in [-0.39, 0.29) is 0 Å². The minimum absolute atomic E-state index is 0.319. The molecule has 3 rings (SSSR count). The molecule has 0 N–H and O–H groups in total. The molecule has 0 amide bonds. The van der Waals surface area contributed by atoms with Gasteiger partial charge in [-0.1, -0.05) is 46.0 Å². The smallest absolute Gasteiger partial charge is 0.230 e. The summed E-state index contributed by atoms with van der Waals surface area (Å²) in [6.45, 7) is 6.25.